The number of amides is 1. The molecule has 1 aliphatic heterocycles. The molecule has 0 N–H and O–H groups in total. The number of carbonyl (C=O) groups excluding carboxylic acids is 2. The number of piperidine rings is 1. The normalized spacial score (nSPS) is 24.3. The van der Waals surface area contributed by atoms with E-state index in [0.29, 0.717) is 31.3 Å². The summed E-state index contributed by atoms with van der Waals surface area (Å²) in [6, 6.07) is 0. The summed E-state index contributed by atoms with van der Waals surface area (Å²) in [5.74, 6) is 0.496. The Hall–Kier alpha value is -1.26. The number of likely N-dealkylation sites (tertiary alicyclic amines) is 1. The molecule has 98 valence electrons. The van der Waals surface area contributed by atoms with Gasteiger partial charge in [-0.15, -0.1) is 0 Å². The molecule has 0 aliphatic carbocycles. The van der Waals surface area contributed by atoms with Crippen LogP contribution in [0.15, 0.2) is 0 Å². The van der Waals surface area contributed by atoms with Crippen molar-refractivity contribution in [3.05, 3.63) is 0 Å². The van der Waals surface area contributed by atoms with Gasteiger partial charge in [0, 0.05) is 19.5 Å². The summed E-state index contributed by atoms with van der Waals surface area (Å²) < 4.78 is 9.41. The Balaban J connectivity index is 2.55. The second-order valence-corrected chi connectivity index (χ2v) is 4.41. The van der Waals surface area contributed by atoms with E-state index >= 15 is 0 Å². The van der Waals surface area contributed by atoms with Crippen LogP contribution >= 0.6 is 0 Å². The van der Waals surface area contributed by atoms with E-state index in [4.69, 9.17) is 9.47 Å². The topological polar surface area (TPSA) is 55.8 Å². The van der Waals surface area contributed by atoms with Gasteiger partial charge in [-0.3, -0.25) is 4.79 Å². The first-order valence-corrected chi connectivity index (χ1v) is 6.02. The summed E-state index contributed by atoms with van der Waals surface area (Å²) in [4.78, 5) is 24.4. The average Bonchev–Trinajstić information content (AvgIpc) is 2.37. The molecule has 2 atom stereocenters. The third-order valence-corrected chi connectivity index (χ3v) is 3.51. The summed E-state index contributed by atoms with van der Waals surface area (Å²) in [6.45, 7) is 3.41. The van der Waals surface area contributed by atoms with Crippen LogP contribution < -0.4 is 0 Å². The first-order valence-electron chi connectivity index (χ1n) is 6.02. The van der Waals surface area contributed by atoms with Crippen LogP contribution in [0.1, 0.15) is 26.2 Å². The minimum Gasteiger partial charge on any atom is -0.469 e. The van der Waals surface area contributed by atoms with Gasteiger partial charge in [-0.1, -0.05) is 13.3 Å². The number of ether oxygens (including phenoxy) is 2. The van der Waals surface area contributed by atoms with Gasteiger partial charge in [0.25, 0.3) is 0 Å². The van der Waals surface area contributed by atoms with Gasteiger partial charge in [-0.25, -0.2) is 4.79 Å². The molecule has 0 spiro atoms. The smallest absolute Gasteiger partial charge is 0.409 e. The maximum atomic E-state index is 11.4. The molecule has 1 saturated heterocycles. The van der Waals surface area contributed by atoms with Gasteiger partial charge in [-0.05, 0) is 18.3 Å². The molecule has 5 nitrogen and oxygen atoms in total. The predicted molar refractivity (Wildman–Crippen MR) is 62.5 cm³/mol. The van der Waals surface area contributed by atoms with Gasteiger partial charge < -0.3 is 14.4 Å². The van der Waals surface area contributed by atoms with Gasteiger partial charge in [0.2, 0.25) is 0 Å². The van der Waals surface area contributed by atoms with Crippen LogP contribution in [0.4, 0.5) is 4.79 Å². The SMILES string of the molecule is CC[C@@H]1CN(C(=O)OC)CC[C@H]1CC(=O)OC. The number of carbonyl (C=O) groups is 2. The van der Waals surface area contributed by atoms with E-state index in [0.717, 1.165) is 12.8 Å². The molecular formula is C12H21NO4. The summed E-state index contributed by atoms with van der Waals surface area (Å²) >= 11 is 0. The van der Waals surface area contributed by atoms with E-state index in [1.165, 1.54) is 14.2 Å². The number of hydrogen-bond donors (Lipinski definition) is 0. The fourth-order valence-corrected chi connectivity index (χ4v) is 2.40. The summed E-state index contributed by atoms with van der Waals surface area (Å²) in [6.07, 6.45) is 1.96. The van der Waals surface area contributed by atoms with Crippen molar-refractivity contribution in [1.82, 2.24) is 4.90 Å². The Morgan fingerprint density at radius 1 is 1.24 bits per heavy atom. The predicted octanol–water partition coefficient (Wildman–Crippen LogP) is 1.66. The maximum absolute atomic E-state index is 11.4. The van der Waals surface area contributed by atoms with E-state index in [-0.39, 0.29) is 12.1 Å². The first-order chi connectivity index (χ1) is 8.12. The van der Waals surface area contributed by atoms with Gasteiger partial charge in [0.1, 0.15) is 0 Å². The highest BCUT2D eigenvalue weighted by molar-refractivity contribution is 5.70. The number of methoxy groups -OCH3 is 2. The van der Waals surface area contributed by atoms with Gasteiger partial charge in [0.15, 0.2) is 0 Å². The number of esters is 1. The van der Waals surface area contributed by atoms with E-state index in [2.05, 4.69) is 6.92 Å². The van der Waals surface area contributed by atoms with E-state index in [1.807, 2.05) is 0 Å². The van der Waals surface area contributed by atoms with Crippen molar-refractivity contribution in [2.75, 3.05) is 27.3 Å². The quantitative estimate of drug-likeness (QED) is 0.707. The van der Waals surface area contributed by atoms with E-state index in [1.54, 1.807) is 4.90 Å². The molecule has 0 aromatic heterocycles. The zero-order chi connectivity index (χ0) is 12.8. The second kappa shape index (κ2) is 6.47. The summed E-state index contributed by atoms with van der Waals surface area (Å²) in [5.41, 5.74) is 0. The highest BCUT2D eigenvalue weighted by atomic mass is 16.5. The molecule has 5 heteroatoms. The lowest BCUT2D eigenvalue weighted by molar-refractivity contribution is -0.142. The van der Waals surface area contributed by atoms with E-state index in [9.17, 15) is 9.59 Å². The second-order valence-electron chi connectivity index (χ2n) is 4.41. The molecule has 1 fully saturated rings. The standard InChI is InChI=1S/C12H21NO4/c1-4-9-8-13(12(15)17-3)6-5-10(9)7-11(14)16-2/h9-10H,4-8H2,1-3H3/t9-,10+/m1/s1. The Morgan fingerprint density at radius 2 is 1.94 bits per heavy atom. The van der Waals surface area contributed by atoms with Crippen molar-refractivity contribution in [2.45, 2.75) is 26.2 Å². The molecule has 1 rings (SSSR count). The van der Waals surface area contributed by atoms with Crippen molar-refractivity contribution < 1.29 is 19.1 Å². The zero-order valence-corrected chi connectivity index (χ0v) is 10.8. The molecule has 0 saturated carbocycles. The van der Waals surface area contributed by atoms with Gasteiger partial charge in [-0.2, -0.15) is 0 Å². The fraction of sp³-hybridized carbons (Fsp3) is 0.833. The van der Waals surface area contributed by atoms with Crippen molar-refractivity contribution in [2.24, 2.45) is 11.8 Å². The molecule has 0 bridgehead atoms. The molecule has 1 amide bonds. The Morgan fingerprint density at radius 3 is 2.47 bits per heavy atom. The van der Waals surface area contributed by atoms with Crippen LogP contribution in [0.3, 0.4) is 0 Å². The lowest BCUT2D eigenvalue weighted by Crippen LogP contribution is -2.44. The molecule has 0 radical (unpaired) electrons. The maximum Gasteiger partial charge on any atom is 0.409 e. The van der Waals surface area contributed by atoms with Crippen LogP contribution in [0.25, 0.3) is 0 Å². The van der Waals surface area contributed by atoms with Crippen LogP contribution in [0.5, 0.6) is 0 Å². The van der Waals surface area contributed by atoms with Crippen LogP contribution in [0.2, 0.25) is 0 Å². The van der Waals surface area contributed by atoms with Gasteiger partial charge >= 0.3 is 12.1 Å². The number of rotatable bonds is 3. The van der Waals surface area contributed by atoms with Crippen molar-refractivity contribution in [3.8, 4) is 0 Å². The third-order valence-electron chi connectivity index (χ3n) is 3.51. The molecule has 1 aliphatic rings. The summed E-state index contributed by atoms with van der Waals surface area (Å²) in [7, 11) is 2.80. The monoisotopic (exact) mass is 243 g/mol. The molecule has 1 heterocycles. The zero-order valence-electron chi connectivity index (χ0n) is 10.8. The lowest BCUT2D eigenvalue weighted by Gasteiger charge is -2.37. The molecule has 0 aromatic rings. The molecule has 17 heavy (non-hydrogen) atoms. The van der Waals surface area contributed by atoms with E-state index < -0.39 is 0 Å². The first kappa shape index (κ1) is 13.8. The minimum absolute atomic E-state index is 0.167. The highest BCUT2D eigenvalue weighted by Crippen LogP contribution is 2.29. The number of nitrogens with zero attached hydrogens (tertiary/aromatic N) is 1. The van der Waals surface area contributed by atoms with Crippen molar-refractivity contribution >= 4 is 12.1 Å². The Kier molecular flexibility index (Phi) is 5.25. The highest BCUT2D eigenvalue weighted by Gasteiger charge is 2.32. The molecule has 0 unspecified atom stereocenters. The van der Waals surface area contributed by atoms with Gasteiger partial charge in [0.05, 0.1) is 14.2 Å². The van der Waals surface area contributed by atoms with Crippen LogP contribution in [0, 0.1) is 11.8 Å². The fourth-order valence-electron chi connectivity index (χ4n) is 2.40. The largest absolute Gasteiger partial charge is 0.469 e. The minimum atomic E-state index is -0.278. The lowest BCUT2D eigenvalue weighted by atomic mass is 9.82. The van der Waals surface area contributed by atoms with Crippen LogP contribution in [-0.2, 0) is 14.3 Å². The van der Waals surface area contributed by atoms with Crippen molar-refractivity contribution in [1.29, 1.82) is 0 Å². The van der Waals surface area contributed by atoms with Crippen molar-refractivity contribution in [3.63, 3.8) is 0 Å². The molecular weight excluding hydrogens is 222 g/mol. The third kappa shape index (κ3) is 3.61. The summed E-state index contributed by atoms with van der Waals surface area (Å²) in [5, 5.41) is 0. The molecule has 0 aromatic carbocycles. The van der Waals surface area contributed by atoms with Crippen LogP contribution in [-0.4, -0.2) is 44.3 Å². The number of hydrogen-bond acceptors (Lipinski definition) is 4. The Bertz CT molecular complexity index is 280. The average molecular weight is 243 g/mol. The Labute approximate surface area is 102 Å².